The molecule has 4 aromatic rings. The van der Waals surface area contributed by atoms with E-state index < -0.39 is 17.9 Å². The lowest BCUT2D eigenvalue weighted by Crippen LogP contribution is -2.16. The molecule has 0 saturated carbocycles. The maximum Gasteiger partial charge on any atom is 0.337 e. The summed E-state index contributed by atoms with van der Waals surface area (Å²) in [6, 6.07) is 8.58. The highest BCUT2D eigenvalue weighted by atomic mass is 35.5. The predicted octanol–water partition coefficient (Wildman–Crippen LogP) is 5.52. The summed E-state index contributed by atoms with van der Waals surface area (Å²) in [5.41, 5.74) is 4.92. The third-order valence-corrected chi connectivity index (χ3v) is 6.55. The average Bonchev–Trinajstić information content (AvgIpc) is 3.24. The highest BCUT2D eigenvalue weighted by Gasteiger charge is 2.29. The highest BCUT2D eigenvalue weighted by molar-refractivity contribution is 6.30. The average molecular weight is 481 g/mol. The Morgan fingerprint density at radius 3 is 2.79 bits per heavy atom. The van der Waals surface area contributed by atoms with Gasteiger partial charge in [0.15, 0.2) is 17.7 Å². The number of aliphatic hydroxyl groups is 1. The van der Waals surface area contributed by atoms with Crippen molar-refractivity contribution >= 4 is 23.2 Å². The van der Waals surface area contributed by atoms with Gasteiger partial charge in [-0.3, -0.25) is 0 Å². The van der Waals surface area contributed by atoms with Crippen molar-refractivity contribution < 1.29 is 24.1 Å². The summed E-state index contributed by atoms with van der Waals surface area (Å²) in [6.45, 7) is 4.03. The largest absolute Gasteiger partial charge is 0.490 e. The van der Waals surface area contributed by atoms with Crippen molar-refractivity contribution in [2.24, 2.45) is 0 Å². The summed E-state index contributed by atoms with van der Waals surface area (Å²) in [5.74, 6) is -1.68. The van der Waals surface area contributed by atoms with E-state index in [1.165, 1.54) is 6.07 Å². The third-order valence-electron chi connectivity index (χ3n) is 6.32. The van der Waals surface area contributed by atoms with Crippen LogP contribution in [0.25, 0.3) is 28.0 Å². The number of carboxylic acid groups (broad SMARTS) is 1. The Hall–Kier alpha value is -3.42. The number of aromatic nitrogens is 2. The molecule has 0 aliphatic carbocycles. The van der Waals surface area contributed by atoms with Gasteiger partial charge in [0.1, 0.15) is 5.65 Å². The first-order chi connectivity index (χ1) is 16.3. The van der Waals surface area contributed by atoms with E-state index in [0.717, 1.165) is 23.1 Å². The van der Waals surface area contributed by atoms with E-state index in [4.69, 9.17) is 21.3 Å². The fourth-order valence-electron chi connectivity index (χ4n) is 4.72. The molecule has 0 amide bonds. The smallest absolute Gasteiger partial charge is 0.337 e. The van der Waals surface area contributed by atoms with E-state index >= 15 is 4.39 Å². The van der Waals surface area contributed by atoms with Crippen molar-refractivity contribution in [3.8, 4) is 28.1 Å². The Morgan fingerprint density at radius 2 is 2.06 bits per heavy atom. The van der Waals surface area contributed by atoms with Gasteiger partial charge in [-0.2, -0.15) is 0 Å². The summed E-state index contributed by atoms with van der Waals surface area (Å²) in [4.78, 5) is 16.6. The summed E-state index contributed by atoms with van der Waals surface area (Å²) >= 11 is 6.17. The minimum absolute atomic E-state index is 0.183. The molecule has 1 aliphatic heterocycles. The summed E-state index contributed by atoms with van der Waals surface area (Å²) in [6.07, 6.45) is 3.12. The van der Waals surface area contributed by atoms with Gasteiger partial charge in [0.2, 0.25) is 0 Å². The number of aryl methyl sites for hydroxylation is 1. The van der Waals surface area contributed by atoms with Crippen molar-refractivity contribution in [3.63, 3.8) is 0 Å². The van der Waals surface area contributed by atoms with E-state index in [-0.39, 0.29) is 11.3 Å². The van der Waals surface area contributed by atoms with Gasteiger partial charge in [0.25, 0.3) is 0 Å². The molecule has 0 spiro atoms. The maximum absolute atomic E-state index is 15.2. The molecular weight excluding hydrogens is 459 g/mol. The molecule has 0 radical (unpaired) electrons. The Balaban J connectivity index is 1.86. The number of hydrogen-bond donors (Lipinski definition) is 2. The number of nitrogens with zero attached hydrogens (tertiary/aromatic N) is 2. The van der Waals surface area contributed by atoms with Crippen LogP contribution in [0.2, 0.25) is 5.02 Å². The molecular formula is C26H22ClFN2O4. The number of aliphatic hydroxyl groups excluding tert-OH is 1. The standard InChI is InChI=1S/C26H22ClFN2O4/c1-13-11-30-12-20(15-5-3-6-16(27)9-15)29-25(30)22(21(13)23(31)26(32)33)18-10-19(28)24-17(14(18)2)7-4-8-34-24/h3,5-6,9-12,23,31H,4,7-8H2,1-2H3,(H,32,33). The molecule has 1 aliphatic rings. The summed E-state index contributed by atoms with van der Waals surface area (Å²) < 4.78 is 22.5. The van der Waals surface area contributed by atoms with E-state index in [1.807, 2.05) is 25.3 Å². The number of rotatable bonds is 4. The van der Waals surface area contributed by atoms with Crippen LogP contribution in [0.15, 0.2) is 42.7 Å². The van der Waals surface area contributed by atoms with Crippen molar-refractivity contribution in [2.75, 3.05) is 6.61 Å². The molecule has 5 rings (SSSR count). The second-order valence-electron chi connectivity index (χ2n) is 8.50. The van der Waals surface area contributed by atoms with Crippen LogP contribution in [-0.2, 0) is 11.2 Å². The Bertz CT molecular complexity index is 1460. The number of hydrogen-bond acceptors (Lipinski definition) is 4. The SMILES string of the molecule is Cc1cn2cc(-c3cccc(Cl)c3)nc2c(-c2cc(F)c3c(c2C)CCCO3)c1C(O)C(=O)O. The number of carbonyl (C=O) groups is 1. The van der Waals surface area contributed by atoms with Crippen molar-refractivity contribution in [1.29, 1.82) is 0 Å². The van der Waals surface area contributed by atoms with Crippen molar-refractivity contribution in [3.05, 3.63) is 75.8 Å². The first kappa shape index (κ1) is 22.4. The first-order valence-electron chi connectivity index (χ1n) is 10.9. The van der Waals surface area contributed by atoms with Crippen LogP contribution in [0, 0.1) is 19.7 Å². The minimum atomic E-state index is -1.80. The van der Waals surface area contributed by atoms with Crippen LogP contribution in [0.3, 0.4) is 0 Å². The van der Waals surface area contributed by atoms with Gasteiger partial charge in [0, 0.05) is 39.7 Å². The number of fused-ring (bicyclic) bond motifs is 2. The fourth-order valence-corrected chi connectivity index (χ4v) is 4.91. The van der Waals surface area contributed by atoms with Crippen LogP contribution in [0.1, 0.15) is 34.8 Å². The minimum Gasteiger partial charge on any atom is -0.490 e. The van der Waals surface area contributed by atoms with Gasteiger partial charge in [-0.25, -0.2) is 14.2 Å². The van der Waals surface area contributed by atoms with Crippen LogP contribution in [0.5, 0.6) is 5.75 Å². The lowest BCUT2D eigenvalue weighted by molar-refractivity contribution is -0.146. The number of pyridine rings is 1. The molecule has 0 fully saturated rings. The zero-order valence-corrected chi connectivity index (χ0v) is 19.4. The lowest BCUT2D eigenvalue weighted by Gasteiger charge is -2.24. The molecule has 2 aromatic carbocycles. The van der Waals surface area contributed by atoms with E-state index in [0.29, 0.717) is 46.1 Å². The number of ether oxygens (including phenoxy) is 1. The maximum atomic E-state index is 15.2. The van der Waals surface area contributed by atoms with E-state index in [9.17, 15) is 15.0 Å². The highest BCUT2D eigenvalue weighted by Crippen LogP contribution is 2.42. The molecule has 1 unspecified atom stereocenters. The summed E-state index contributed by atoms with van der Waals surface area (Å²) in [7, 11) is 0. The van der Waals surface area contributed by atoms with Crippen LogP contribution in [0.4, 0.5) is 4.39 Å². The zero-order chi connectivity index (χ0) is 24.1. The van der Waals surface area contributed by atoms with Gasteiger partial charge < -0.3 is 19.4 Å². The molecule has 1 atom stereocenters. The van der Waals surface area contributed by atoms with Gasteiger partial charge in [-0.15, -0.1) is 0 Å². The van der Waals surface area contributed by atoms with Gasteiger partial charge in [-0.05, 0) is 61.6 Å². The quantitative estimate of drug-likeness (QED) is 0.402. The number of aliphatic carboxylic acids is 1. The number of benzene rings is 2. The molecule has 0 bridgehead atoms. The zero-order valence-electron chi connectivity index (χ0n) is 18.6. The van der Waals surface area contributed by atoms with Crippen molar-refractivity contribution in [2.45, 2.75) is 32.8 Å². The van der Waals surface area contributed by atoms with Crippen LogP contribution in [-0.4, -0.2) is 32.2 Å². The Kier molecular flexibility index (Phi) is 5.54. The lowest BCUT2D eigenvalue weighted by atomic mass is 9.88. The summed E-state index contributed by atoms with van der Waals surface area (Å²) in [5, 5.41) is 20.9. The normalized spacial score (nSPS) is 14.0. The van der Waals surface area contributed by atoms with Crippen molar-refractivity contribution in [1.82, 2.24) is 9.38 Å². The van der Waals surface area contributed by atoms with Gasteiger partial charge >= 0.3 is 5.97 Å². The third kappa shape index (κ3) is 3.61. The first-order valence-corrected chi connectivity index (χ1v) is 11.3. The predicted molar refractivity (Wildman–Crippen MR) is 127 cm³/mol. The molecule has 2 N–H and O–H groups in total. The number of halogens is 2. The molecule has 6 nitrogen and oxygen atoms in total. The van der Waals surface area contributed by atoms with Crippen LogP contribution < -0.4 is 4.74 Å². The molecule has 34 heavy (non-hydrogen) atoms. The molecule has 0 saturated heterocycles. The molecule has 8 heteroatoms. The number of imidazole rings is 1. The second-order valence-corrected chi connectivity index (χ2v) is 8.94. The fraction of sp³-hybridized carbons (Fsp3) is 0.231. The number of carboxylic acids is 1. The molecule has 2 aromatic heterocycles. The monoisotopic (exact) mass is 480 g/mol. The molecule has 174 valence electrons. The molecule has 3 heterocycles. The Morgan fingerprint density at radius 1 is 1.26 bits per heavy atom. The van der Waals surface area contributed by atoms with Gasteiger partial charge in [-0.1, -0.05) is 23.7 Å². The second kappa shape index (κ2) is 8.42. The van der Waals surface area contributed by atoms with E-state index in [2.05, 4.69) is 0 Å². The van der Waals surface area contributed by atoms with E-state index in [1.54, 1.807) is 29.7 Å². The Labute approximate surface area is 200 Å². The topological polar surface area (TPSA) is 84.1 Å². The van der Waals surface area contributed by atoms with Gasteiger partial charge in [0.05, 0.1) is 12.3 Å². The van der Waals surface area contributed by atoms with Crippen LogP contribution >= 0.6 is 11.6 Å².